The maximum atomic E-state index is 12.2. The second-order valence-corrected chi connectivity index (χ2v) is 6.87. The number of methoxy groups -OCH3 is 1. The van der Waals surface area contributed by atoms with E-state index < -0.39 is 18.5 Å². The number of carbonyl (C=O) groups excluding carboxylic acids is 2. The summed E-state index contributed by atoms with van der Waals surface area (Å²) in [6.07, 6.45) is 0. The first kappa shape index (κ1) is 22.5. The number of hydrogen-bond donors (Lipinski definition) is 1. The van der Waals surface area contributed by atoms with Gasteiger partial charge in [0.15, 0.2) is 18.1 Å². The molecule has 0 heterocycles. The number of hydrogen-bond acceptors (Lipinski definition) is 6. The molecule has 1 amide bonds. The SMILES string of the molecule is CCOc1c(Br)cc(C(=O)OCC(=O)NCCOc2cccc(C)c2)cc1OC. The Morgan fingerprint density at radius 2 is 1.93 bits per heavy atom. The summed E-state index contributed by atoms with van der Waals surface area (Å²) in [6, 6.07) is 10.7. The summed E-state index contributed by atoms with van der Waals surface area (Å²) in [5.74, 6) is 0.575. The molecule has 0 bridgehead atoms. The molecular weight excluding hydrogens is 442 g/mol. The predicted molar refractivity (Wildman–Crippen MR) is 112 cm³/mol. The summed E-state index contributed by atoms with van der Waals surface area (Å²) in [4.78, 5) is 24.1. The molecule has 0 spiro atoms. The molecule has 0 saturated heterocycles. The molecule has 2 aromatic rings. The molecule has 156 valence electrons. The van der Waals surface area contributed by atoms with Gasteiger partial charge in [0, 0.05) is 0 Å². The molecule has 0 aliphatic carbocycles. The first-order valence-corrected chi connectivity index (χ1v) is 9.87. The van der Waals surface area contributed by atoms with Crippen molar-refractivity contribution in [1.29, 1.82) is 0 Å². The van der Waals surface area contributed by atoms with Crippen molar-refractivity contribution in [3.05, 3.63) is 52.0 Å². The van der Waals surface area contributed by atoms with Crippen LogP contribution in [0.4, 0.5) is 0 Å². The zero-order valence-corrected chi connectivity index (χ0v) is 18.2. The lowest BCUT2D eigenvalue weighted by molar-refractivity contribution is -0.124. The second kappa shape index (κ2) is 11.3. The molecule has 0 radical (unpaired) electrons. The predicted octanol–water partition coefficient (Wildman–Crippen LogP) is 3.52. The van der Waals surface area contributed by atoms with Gasteiger partial charge in [0.2, 0.25) is 0 Å². The number of nitrogens with one attached hydrogen (secondary N) is 1. The molecule has 0 aliphatic heterocycles. The van der Waals surface area contributed by atoms with Crippen molar-refractivity contribution in [2.75, 3.05) is 33.5 Å². The molecule has 0 atom stereocenters. The lowest BCUT2D eigenvalue weighted by Gasteiger charge is -2.13. The smallest absolute Gasteiger partial charge is 0.338 e. The van der Waals surface area contributed by atoms with E-state index in [-0.39, 0.29) is 5.56 Å². The van der Waals surface area contributed by atoms with Gasteiger partial charge in [-0.1, -0.05) is 12.1 Å². The third-order valence-corrected chi connectivity index (χ3v) is 4.36. The number of esters is 1. The van der Waals surface area contributed by atoms with Crippen molar-refractivity contribution in [2.45, 2.75) is 13.8 Å². The Hall–Kier alpha value is -2.74. The number of carbonyl (C=O) groups is 2. The fourth-order valence-electron chi connectivity index (χ4n) is 2.45. The largest absolute Gasteiger partial charge is 0.493 e. The molecule has 1 N–H and O–H groups in total. The van der Waals surface area contributed by atoms with Gasteiger partial charge in [0.1, 0.15) is 12.4 Å². The Morgan fingerprint density at radius 1 is 1.14 bits per heavy atom. The van der Waals surface area contributed by atoms with Gasteiger partial charge in [0.25, 0.3) is 5.91 Å². The molecule has 0 aromatic heterocycles. The van der Waals surface area contributed by atoms with Gasteiger partial charge < -0.3 is 24.3 Å². The van der Waals surface area contributed by atoms with E-state index in [0.717, 1.165) is 11.3 Å². The van der Waals surface area contributed by atoms with Crippen molar-refractivity contribution < 1.29 is 28.5 Å². The Morgan fingerprint density at radius 3 is 2.62 bits per heavy atom. The van der Waals surface area contributed by atoms with Crippen LogP contribution in [0.2, 0.25) is 0 Å². The van der Waals surface area contributed by atoms with Crippen LogP contribution in [-0.4, -0.2) is 45.4 Å². The van der Waals surface area contributed by atoms with Crippen molar-refractivity contribution in [2.24, 2.45) is 0 Å². The third kappa shape index (κ3) is 6.98. The Bertz CT molecular complexity index is 855. The van der Waals surface area contributed by atoms with E-state index >= 15 is 0 Å². The average Bonchev–Trinajstić information content (AvgIpc) is 2.70. The molecule has 0 fully saturated rings. The maximum absolute atomic E-state index is 12.2. The van der Waals surface area contributed by atoms with Crippen LogP contribution in [0.15, 0.2) is 40.9 Å². The molecule has 0 saturated carbocycles. The van der Waals surface area contributed by atoms with E-state index in [9.17, 15) is 9.59 Å². The summed E-state index contributed by atoms with van der Waals surface area (Å²) in [5, 5.41) is 2.64. The Labute approximate surface area is 178 Å². The summed E-state index contributed by atoms with van der Waals surface area (Å²) in [6.45, 7) is 4.49. The topological polar surface area (TPSA) is 83.1 Å². The van der Waals surface area contributed by atoms with Gasteiger partial charge in [-0.05, 0) is 59.6 Å². The van der Waals surface area contributed by atoms with Gasteiger partial charge in [0.05, 0.1) is 30.3 Å². The van der Waals surface area contributed by atoms with Crippen molar-refractivity contribution in [3.63, 3.8) is 0 Å². The summed E-state index contributed by atoms with van der Waals surface area (Å²) in [7, 11) is 1.48. The highest BCUT2D eigenvalue weighted by Crippen LogP contribution is 2.36. The van der Waals surface area contributed by atoms with Gasteiger partial charge >= 0.3 is 5.97 Å². The Balaban J connectivity index is 1.79. The van der Waals surface area contributed by atoms with Crippen LogP contribution in [0.25, 0.3) is 0 Å². The van der Waals surface area contributed by atoms with Crippen LogP contribution < -0.4 is 19.5 Å². The van der Waals surface area contributed by atoms with E-state index in [0.29, 0.717) is 35.7 Å². The van der Waals surface area contributed by atoms with Gasteiger partial charge in [-0.15, -0.1) is 0 Å². The average molecular weight is 466 g/mol. The fraction of sp³-hybridized carbons (Fsp3) is 0.333. The van der Waals surface area contributed by atoms with E-state index in [4.69, 9.17) is 18.9 Å². The normalized spacial score (nSPS) is 10.2. The van der Waals surface area contributed by atoms with Crippen LogP contribution in [-0.2, 0) is 9.53 Å². The number of ether oxygens (including phenoxy) is 4. The second-order valence-electron chi connectivity index (χ2n) is 6.01. The first-order valence-electron chi connectivity index (χ1n) is 9.08. The standard InChI is InChI=1S/C21H24BrNO6/c1-4-27-20-17(22)11-15(12-18(20)26-3)21(25)29-13-19(24)23-8-9-28-16-7-5-6-14(2)10-16/h5-7,10-12H,4,8-9,13H2,1-3H3,(H,23,24). The zero-order valence-electron chi connectivity index (χ0n) is 16.6. The third-order valence-electron chi connectivity index (χ3n) is 3.77. The molecule has 2 rings (SSSR count). The summed E-state index contributed by atoms with van der Waals surface area (Å²) < 4.78 is 21.9. The number of benzene rings is 2. The molecule has 2 aromatic carbocycles. The number of halogens is 1. The highest BCUT2D eigenvalue weighted by molar-refractivity contribution is 9.10. The van der Waals surface area contributed by atoms with Crippen LogP contribution >= 0.6 is 15.9 Å². The number of rotatable bonds is 10. The van der Waals surface area contributed by atoms with Crippen LogP contribution in [0.1, 0.15) is 22.8 Å². The van der Waals surface area contributed by atoms with Crippen LogP contribution in [0.5, 0.6) is 17.2 Å². The Kier molecular flexibility index (Phi) is 8.79. The molecule has 0 unspecified atom stereocenters. The monoisotopic (exact) mass is 465 g/mol. The van der Waals surface area contributed by atoms with E-state index in [1.165, 1.54) is 13.2 Å². The van der Waals surface area contributed by atoms with Crippen molar-refractivity contribution in [3.8, 4) is 17.2 Å². The number of amides is 1. The highest BCUT2D eigenvalue weighted by atomic mass is 79.9. The summed E-state index contributed by atoms with van der Waals surface area (Å²) in [5.41, 5.74) is 1.34. The minimum Gasteiger partial charge on any atom is -0.493 e. The van der Waals surface area contributed by atoms with Crippen LogP contribution in [0.3, 0.4) is 0 Å². The maximum Gasteiger partial charge on any atom is 0.338 e. The summed E-state index contributed by atoms with van der Waals surface area (Å²) >= 11 is 3.35. The zero-order chi connectivity index (χ0) is 21.2. The lowest BCUT2D eigenvalue weighted by atomic mass is 10.2. The van der Waals surface area contributed by atoms with E-state index in [1.807, 2.05) is 38.1 Å². The minimum absolute atomic E-state index is 0.243. The lowest BCUT2D eigenvalue weighted by Crippen LogP contribution is -2.32. The molecule has 29 heavy (non-hydrogen) atoms. The van der Waals surface area contributed by atoms with Crippen molar-refractivity contribution >= 4 is 27.8 Å². The van der Waals surface area contributed by atoms with Crippen LogP contribution in [0, 0.1) is 6.92 Å². The highest BCUT2D eigenvalue weighted by Gasteiger charge is 2.17. The first-order chi connectivity index (χ1) is 13.9. The van der Waals surface area contributed by atoms with E-state index in [1.54, 1.807) is 6.07 Å². The van der Waals surface area contributed by atoms with Crippen molar-refractivity contribution in [1.82, 2.24) is 5.32 Å². The molecule has 7 nitrogen and oxygen atoms in total. The minimum atomic E-state index is -0.641. The van der Waals surface area contributed by atoms with Gasteiger partial charge in [-0.3, -0.25) is 4.79 Å². The van der Waals surface area contributed by atoms with Gasteiger partial charge in [-0.2, -0.15) is 0 Å². The molecular formula is C21H24BrNO6. The number of aryl methyl sites for hydroxylation is 1. The quantitative estimate of drug-likeness (QED) is 0.426. The molecule has 8 heteroatoms. The molecule has 0 aliphatic rings. The fourth-order valence-corrected chi connectivity index (χ4v) is 3.01. The van der Waals surface area contributed by atoms with E-state index in [2.05, 4.69) is 21.2 Å². The van der Waals surface area contributed by atoms with Gasteiger partial charge in [-0.25, -0.2) is 4.79 Å².